The molecule has 0 spiro atoms. The maximum absolute atomic E-state index is 14.0. The lowest BCUT2D eigenvalue weighted by Crippen LogP contribution is -2.45. The number of carbonyl (C=O) groups is 1. The summed E-state index contributed by atoms with van der Waals surface area (Å²) in [5, 5.41) is 2.55. The fraction of sp³-hybridized carbons (Fsp3) is 0.250. The van der Waals surface area contributed by atoms with Crippen LogP contribution in [0.5, 0.6) is 5.75 Å². The van der Waals surface area contributed by atoms with Crippen LogP contribution < -0.4 is 15.8 Å². The van der Waals surface area contributed by atoms with Crippen molar-refractivity contribution < 1.29 is 13.9 Å². The highest BCUT2D eigenvalue weighted by Crippen LogP contribution is 2.22. The number of nitrogens with one attached hydrogen (secondary N) is 1. The second-order valence-corrected chi connectivity index (χ2v) is 5.43. The number of amides is 1. The van der Waals surface area contributed by atoms with E-state index in [1.54, 1.807) is 38.2 Å². The van der Waals surface area contributed by atoms with E-state index >= 15 is 0 Å². The van der Waals surface area contributed by atoms with Gasteiger partial charge in [-0.1, -0.05) is 6.07 Å². The van der Waals surface area contributed by atoms with Gasteiger partial charge >= 0.3 is 0 Å². The van der Waals surface area contributed by atoms with Gasteiger partial charge in [-0.05, 0) is 38.1 Å². The van der Waals surface area contributed by atoms with Crippen molar-refractivity contribution in [3.05, 3.63) is 54.1 Å². The van der Waals surface area contributed by atoms with Gasteiger partial charge in [0.15, 0.2) is 11.6 Å². The van der Waals surface area contributed by atoms with E-state index in [1.807, 2.05) is 6.07 Å². The quantitative estimate of drug-likeness (QED) is 0.889. The van der Waals surface area contributed by atoms with Crippen LogP contribution in [0.15, 0.2) is 42.6 Å². The van der Waals surface area contributed by atoms with Crippen molar-refractivity contribution in [2.24, 2.45) is 5.73 Å². The topological polar surface area (TPSA) is 77.2 Å². The van der Waals surface area contributed by atoms with Gasteiger partial charge in [0.1, 0.15) is 6.61 Å². The minimum atomic E-state index is -1.04. The van der Waals surface area contributed by atoms with Crippen molar-refractivity contribution in [1.82, 2.24) is 4.98 Å². The molecule has 1 heterocycles. The number of benzene rings is 1. The molecule has 0 aliphatic heterocycles. The number of rotatable bonds is 5. The van der Waals surface area contributed by atoms with E-state index in [1.165, 1.54) is 12.1 Å². The molecule has 1 amide bonds. The number of hydrogen-bond acceptors (Lipinski definition) is 4. The van der Waals surface area contributed by atoms with Crippen LogP contribution >= 0.6 is 0 Å². The first-order valence-electron chi connectivity index (χ1n) is 6.79. The van der Waals surface area contributed by atoms with Crippen molar-refractivity contribution in [1.29, 1.82) is 0 Å². The molecular formula is C16H18FN3O2. The highest BCUT2D eigenvalue weighted by atomic mass is 19.1. The van der Waals surface area contributed by atoms with Crippen molar-refractivity contribution in [3.63, 3.8) is 0 Å². The zero-order chi connectivity index (χ0) is 16.2. The molecule has 6 heteroatoms. The largest absolute Gasteiger partial charge is 0.484 e. The molecule has 1 aromatic carbocycles. The van der Waals surface area contributed by atoms with Gasteiger partial charge in [0.05, 0.1) is 11.2 Å². The Morgan fingerprint density at radius 3 is 2.73 bits per heavy atom. The van der Waals surface area contributed by atoms with Crippen LogP contribution in [0.4, 0.5) is 10.1 Å². The molecule has 2 aromatic rings. The lowest BCUT2D eigenvalue weighted by atomic mass is 10.1. The monoisotopic (exact) mass is 303 g/mol. The third-order valence-electron chi connectivity index (χ3n) is 2.88. The second-order valence-electron chi connectivity index (χ2n) is 5.43. The molecule has 1 aromatic heterocycles. The number of pyridine rings is 1. The average molecular weight is 303 g/mol. The summed E-state index contributed by atoms with van der Waals surface area (Å²) in [5.74, 6) is -0.867. The van der Waals surface area contributed by atoms with Crippen molar-refractivity contribution in [2.75, 3.05) is 5.32 Å². The summed E-state index contributed by atoms with van der Waals surface area (Å²) in [6, 6.07) is 9.61. The van der Waals surface area contributed by atoms with E-state index in [0.717, 1.165) is 0 Å². The number of ether oxygens (including phenoxy) is 1. The Morgan fingerprint density at radius 1 is 1.36 bits per heavy atom. The molecule has 0 atom stereocenters. The molecular weight excluding hydrogens is 285 g/mol. The van der Waals surface area contributed by atoms with Gasteiger partial charge in [0.2, 0.25) is 5.91 Å². The number of carbonyl (C=O) groups excluding carboxylic acids is 1. The minimum absolute atomic E-state index is 0.0932. The van der Waals surface area contributed by atoms with Gasteiger partial charge < -0.3 is 15.8 Å². The first-order chi connectivity index (χ1) is 10.4. The van der Waals surface area contributed by atoms with Crippen LogP contribution in [0, 0.1) is 5.82 Å². The smallest absolute Gasteiger partial charge is 0.243 e. The van der Waals surface area contributed by atoms with Crippen molar-refractivity contribution in [2.45, 2.75) is 26.0 Å². The molecule has 2 rings (SSSR count). The Bertz CT molecular complexity index is 654. The molecule has 22 heavy (non-hydrogen) atoms. The highest BCUT2D eigenvalue weighted by molar-refractivity contribution is 5.97. The minimum Gasteiger partial charge on any atom is -0.484 e. The Kier molecular flexibility index (Phi) is 4.72. The lowest BCUT2D eigenvalue weighted by molar-refractivity contribution is -0.120. The van der Waals surface area contributed by atoms with Crippen molar-refractivity contribution in [3.8, 4) is 5.75 Å². The van der Waals surface area contributed by atoms with Gasteiger partial charge in [-0.2, -0.15) is 0 Å². The third-order valence-corrected chi connectivity index (χ3v) is 2.88. The lowest BCUT2D eigenvalue weighted by Gasteiger charge is -2.18. The molecule has 0 fully saturated rings. The Balaban J connectivity index is 2.02. The fourth-order valence-electron chi connectivity index (χ4n) is 1.62. The van der Waals surface area contributed by atoms with Crippen LogP contribution in [0.3, 0.4) is 0 Å². The standard InChI is InChI=1S/C16H18FN3O2/c1-16(2,18)15(21)20-11-6-7-14(13(17)9-11)22-10-12-5-3-4-8-19-12/h3-9H,10,18H2,1-2H3,(H,20,21). The van der Waals surface area contributed by atoms with E-state index in [2.05, 4.69) is 10.3 Å². The van der Waals surface area contributed by atoms with Crippen LogP contribution in [0.25, 0.3) is 0 Å². The number of aromatic nitrogens is 1. The first kappa shape index (κ1) is 15.9. The van der Waals surface area contributed by atoms with Crippen LogP contribution in [-0.4, -0.2) is 16.4 Å². The van der Waals surface area contributed by atoms with E-state index in [4.69, 9.17) is 10.5 Å². The first-order valence-corrected chi connectivity index (χ1v) is 6.79. The zero-order valence-corrected chi connectivity index (χ0v) is 12.5. The predicted molar refractivity (Wildman–Crippen MR) is 81.9 cm³/mol. The molecule has 3 N–H and O–H groups in total. The molecule has 0 saturated heterocycles. The molecule has 0 radical (unpaired) electrons. The Morgan fingerprint density at radius 2 is 2.14 bits per heavy atom. The normalized spacial score (nSPS) is 11.1. The van der Waals surface area contributed by atoms with Gasteiger partial charge in [-0.25, -0.2) is 4.39 Å². The molecule has 0 saturated carbocycles. The summed E-state index contributed by atoms with van der Waals surface area (Å²) in [4.78, 5) is 15.8. The van der Waals surface area contributed by atoms with Gasteiger partial charge in [-0.3, -0.25) is 9.78 Å². The van der Waals surface area contributed by atoms with Crippen LogP contribution in [-0.2, 0) is 11.4 Å². The number of anilines is 1. The molecule has 0 aliphatic rings. The van der Waals surface area contributed by atoms with Gasteiger partial charge in [-0.15, -0.1) is 0 Å². The maximum Gasteiger partial charge on any atom is 0.243 e. The molecule has 5 nitrogen and oxygen atoms in total. The molecule has 116 valence electrons. The van der Waals surface area contributed by atoms with E-state index in [-0.39, 0.29) is 12.4 Å². The number of hydrogen-bond donors (Lipinski definition) is 2. The third kappa shape index (κ3) is 4.26. The average Bonchev–Trinajstić information content (AvgIpc) is 2.46. The summed E-state index contributed by atoms with van der Waals surface area (Å²) in [5.41, 5.74) is 5.66. The highest BCUT2D eigenvalue weighted by Gasteiger charge is 2.22. The van der Waals surface area contributed by atoms with E-state index in [0.29, 0.717) is 11.4 Å². The summed E-state index contributed by atoms with van der Waals surface area (Å²) in [7, 11) is 0. The molecule has 0 aliphatic carbocycles. The second kappa shape index (κ2) is 6.53. The van der Waals surface area contributed by atoms with Crippen LogP contribution in [0.1, 0.15) is 19.5 Å². The Hall–Kier alpha value is -2.47. The van der Waals surface area contributed by atoms with Gasteiger partial charge in [0.25, 0.3) is 0 Å². The Labute approximate surface area is 128 Å². The predicted octanol–water partition coefficient (Wildman–Crippen LogP) is 2.48. The molecule has 0 bridgehead atoms. The number of nitrogens with zero attached hydrogens (tertiary/aromatic N) is 1. The summed E-state index contributed by atoms with van der Waals surface area (Å²) < 4.78 is 19.3. The summed E-state index contributed by atoms with van der Waals surface area (Å²) in [6.07, 6.45) is 1.64. The van der Waals surface area contributed by atoms with Crippen LogP contribution in [0.2, 0.25) is 0 Å². The summed E-state index contributed by atoms with van der Waals surface area (Å²) >= 11 is 0. The molecule has 0 unspecified atom stereocenters. The SMILES string of the molecule is CC(C)(N)C(=O)Nc1ccc(OCc2ccccn2)c(F)c1. The zero-order valence-electron chi connectivity index (χ0n) is 12.5. The number of halogens is 1. The van der Waals surface area contributed by atoms with Gasteiger partial charge in [0, 0.05) is 18.0 Å². The maximum atomic E-state index is 14.0. The fourth-order valence-corrected chi connectivity index (χ4v) is 1.62. The van der Waals surface area contributed by atoms with E-state index < -0.39 is 17.3 Å². The summed E-state index contributed by atoms with van der Waals surface area (Å²) in [6.45, 7) is 3.31. The van der Waals surface area contributed by atoms with E-state index in [9.17, 15) is 9.18 Å². The van der Waals surface area contributed by atoms with Crippen molar-refractivity contribution >= 4 is 11.6 Å². The number of nitrogens with two attached hydrogens (primary N) is 1.